The van der Waals surface area contributed by atoms with E-state index in [1.165, 1.54) is 22.7 Å². The van der Waals surface area contributed by atoms with Gasteiger partial charge in [-0.2, -0.15) is 12.6 Å². The first kappa shape index (κ1) is 19.0. The van der Waals surface area contributed by atoms with Gasteiger partial charge in [0.1, 0.15) is 5.84 Å². The summed E-state index contributed by atoms with van der Waals surface area (Å²) in [7, 11) is 3.20. The fraction of sp³-hybridized carbons (Fsp3) is 0.450. The van der Waals surface area contributed by atoms with E-state index in [1.807, 2.05) is 0 Å². The van der Waals surface area contributed by atoms with E-state index in [2.05, 4.69) is 51.7 Å². The molecule has 1 aromatic heterocycles. The van der Waals surface area contributed by atoms with Crippen LogP contribution in [0.3, 0.4) is 0 Å². The zero-order valence-corrected chi connectivity index (χ0v) is 17.2. The number of piperazine rings is 1. The fourth-order valence-electron chi connectivity index (χ4n) is 3.86. The Bertz CT molecular complexity index is 1030. The maximum atomic E-state index is 12.4. The highest BCUT2D eigenvalue weighted by Gasteiger charge is 2.28. The molecule has 0 amide bonds. The van der Waals surface area contributed by atoms with Gasteiger partial charge in [0.2, 0.25) is 0 Å². The summed E-state index contributed by atoms with van der Waals surface area (Å²) < 4.78 is 2.67. The quantitative estimate of drug-likeness (QED) is 0.780. The van der Waals surface area contributed by atoms with Crippen molar-refractivity contribution in [3.8, 4) is 0 Å². The van der Waals surface area contributed by atoms with Gasteiger partial charge in [0.05, 0.1) is 5.69 Å². The third kappa shape index (κ3) is 3.42. The summed E-state index contributed by atoms with van der Waals surface area (Å²) in [5.41, 5.74) is 3.06. The Balaban J connectivity index is 1.42. The van der Waals surface area contributed by atoms with Crippen LogP contribution in [0.25, 0.3) is 0 Å². The van der Waals surface area contributed by atoms with Crippen molar-refractivity contribution in [2.45, 2.75) is 18.7 Å². The second-order valence-electron chi connectivity index (χ2n) is 7.44. The molecule has 28 heavy (non-hydrogen) atoms. The lowest BCUT2D eigenvalue weighted by atomic mass is 10.1. The minimum Gasteiger partial charge on any atom is -0.357 e. The highest BCUT2D eigenvalue weighted by Crippen LogP contribution is 2.23. The number of hydrogen-bond donors (Lipinski definition) is 1. The molecule has 0 unspecified atom stereocenters. The second kappa shape index (κ2) is 7.60. The Labute approximate surface area is 169 Å². The third-order valence-corrected chi connectivity index (χ3v) is 6.04. The van der Waals surface area contributed by atoms with Crippen LogP contribution in [0.15, 0.2) is 38.8 Å². The van der Waals surface area contributed by atoms with Crippen LogP contribution in [-0.2, 0) is 32.8 Å². The minimum atomic E-state index is -0.309. The average Bonchev–Trinajstić information content (AvgIpc) is 3.17. The molecular weight excluding hydrogens is 374 g/mol. The predicted octanol–water partition coefficient (Wildman–Crippen LogP) is 0.918. The zero-order chi connectivity index (χ0) is 19.8. The SMILES string of the molecule is Cn1c2c(c(=O)n(C)c1=O)N=C(N1CCN(Cc3ccc(CS)cc3)CC1)C2. The van der Waals surface area contributed by atoms with Crippen LogP contribution in [-0.4, -0.2) is 50.9 Å². The number of aliphatic imine (C=N–C) groups is 1. The van der Waals surface area contributed by atoms with Gasteiger partial charge in [-0.1, -0.05) is 24.3 Å². The van der Waals surface area contributed by atoms with E-state index in [1.54, 1.807) is 7.05 Å². The molecule has 0 bridgehead atoms. The van der Waals surface area contributed by atoms with Crippen molar-refractivity contribution < 1.29 is 0 Å². The van der Waals surface area contributed by atoms with Crippen molar-refractivity contribution in [3.63, 3.8) is 0 Å². The summed E-state index contributed by atoms with van der Waals surface area (Å²) >= 11 is 4.30. The van der Waals surface area contributed by atoms with Crippen molar-refractivity contribution in [1.29, 1.82) is 0 Å². The number of benzene rings is 1. The Morgan fingerprint density at radius 3 is 2.25 bits per heavy atom. The number of aromatic nitrogens is 2. The maximum Gasteiger partial charge on any atom is 0.330 e. The van der Waals surface area contributed by atoms with E-state index in [0.29, 0.717) is 12.1 Å². The summed E-state index contributed by atoms with van der Waals surface area (Å²) in [6.45, 7) is 4.56. The van der Waals surface area contributed by atoms with E-state index in [-0.39, 0.29) is 11.2 Å². The number of amidine groups is 1. The largest absolute Gasteiger partial charge is 0.357 e. The molecule has 1 saturated heterocycles. The lowest BCUT2D eigenvalue weighted by Gasteiger charge is -2.36. The van der Waals surface area contributed by atoms with Crippen LogP contribution in [0.1, 0.15) is 16.8 Å². The fourth-order valence-corrected chi connectivity index (χ4v) is 4.07. The lowest BCUT2D eigenvalue weighted by molar-refractivity contribution is 0.174. The Morgan fingerprint density at radius 1 is 0.964 bits per heavy atom. The Morgan fingerprint density at radius 2 is 1.61 bits per heavy atom. The van der Waals surface area contributed by atoms with Crippen LogP contribution >= 0.6 is 12.6 Å². The first-order chi connectivity index (χ1) is 13.5. The molecule has 7 nitrogen and oxygen atoms in total. The van der Waals surface area contributed by atoms with Crippen LogP contribution in [0, 0.1) is 0 Å². The maximum absolute atomic E-state index is 12.4. The molecule has 2 aliphatic heterocycles. The van der Waals surface area contributed by atoms with Crippen molar-refractivity contribution in [1.82, 2.24) is 18.9 Å². The van der Waals surface area contributed by atoms with Crippen LogP contribution < -0.4 is 11.2 Å². The molecule has 0 saturated carbocycles. The molecule has 4 rings (SSSR count). The molecule has 8 heteroatoms. The summed E-state index contributed by atoms with van der Waals surface area (Å²) in [5.74, 6) is 1.66. The molecule has 0 aliphatic carbocycles. The summed E-state index contributed by atoms with van der Waals surface area (Å²) in [6, 6.07) is 8.61. The number of nitrogens with zero attached hydrogens (tertiary/aromatic N) is 5. The number of hydrogen-bond acceptors (Lipinski definition) is 6. The summed E-state index contributed by atoms with van der Waals surface area (Å²) in [4.78, 5) is 33.8. The van der Waals surface area contributed by atoms with Gasteiger partial charge >= 0.3 is 5.69 Å². The highest BCUT2D eigenvalue weighted by atomic mass is 32.1. The molecule has 2 aliphatic rings. The summed E-state index contributed by atoms with van der Waals surface area (Å²) in [6.07, 6.45) is 0.544. The van der Waals surface area contributed by atoms with Crippen LogP contribution in [0.2, 0.25) is 0 Å². The van der Waals surface area contributed by atoms with E-state index >= 15 is 0 Å². The second-order valence-corrected chi connectivity index (χ2v) is 7.76. The van der Waals surface area contributed by atoms with E-state index in [4.69, 9.17) is 0 Å². The lowest BCUT2D eigenvalue weighted by Crippen LogP contribution is -2.48. The monoisotopic (exact) mass is 399 g/mol. The van der Waals surface area contributed by atoms with E-state index in [0.717, 1.165) is 54.6 Å². The smallest absolute Gasteiger partial charge is 0.330 e. The van der Waals surface area contributed by atoms with Gasteiger partial charge in [-0.15, -0.1) is 0 Å². The predicted molar refractivity (Wildman–Crippen MR) is 114 cm³/mol. The Kier molecular flexibility index (Phi) is 5.16. The van der Waals surface area contributed by atoms with Crippen LogP contribution in [0.5, 0.6) is 0 Å². The van der Waals surface area contributed by atoms with Crippen molar-refractivity contribution >= 4 is 24.2 Å². The molecule has 3 heterocycles. The standard InChI is InChI=1S/C20H25N5O2S/c1-22-16-11-17(21-18(16)19(26)23(2)20(22)27)25-9-7-24(8-10-25)12-14-3-5-15(13-28)6-4-14/h3-6,28H,7-13H2,1-2H3. The first-order valence-corrected chi connectivity index (χ1v) is 10.1. The zero-order valence-electron chi connectivity index (χ0n) is 16.3. The van der Waals surface area contributed by atoms with Gasteiger partial charge in [0, 0.05) is 59.0 Å². The molecular formula is C20H25N5O2S. The third-order valence-electron chi connectivity index (χ3n) is 5.67. The molecule has 148 valence electrons. The van der Waals surface area contributed by atoms with Crippen molar-refractivity contribution in [3.05, 3.63) is 61.9 Å². The molecule has 0 spiro atoms. The molecule has 0 atom stereocenters. The van der Waals surface area contributed by atoms with Gasteiger partial charge in [0.15, 0.2) is 5.69 Å². The highest BCUT2D eigenvalue weighted by molar-refractivity contribution is 7.79. The molecule has 0 radical (unpaired) electrons. The molecule has 0 N–H and O–H groups in total. The van der Waals surface area contributed by atoms with Gasteiger partial charge in [-0.3, -0.25) is 18.8 Å². The number of fused-ring (bicyclic) bond motifs is 1. The Hall–Kier alpha value is -2.32. The average molecular weight is 400 g/mol. The first-order valence-electron chi connectivity index (χ1n) is 9.50. The topological polar surface area (TPSA) is 62.8 Å². The molecule has 1 fully saturated rings. The van der Waals surface area contributed by atoms with Gasteiger partial charge in [0.25, 0.3) is 5.56 Å². The molecule has 1 aromatic carbocycles. The van der Waals surface area contributed by atoms with E-state index in [9.17, 15) is 9.59 Å². The van der Waals surface area contributed by atoms with Crippen LogP contribution in [0.4, 0.5) is 5.69 Å². The van der Waals surface area contributed by atoms with Crippen molar-refractivity contribution in [2.75, 3.05) is 26.2 Å². The number of thiol groups is 1. The van der Waals surface area contributed by atoms with Crippen molar-refractivity contribution in [2.24, 2.45) is 19.1 Å². The van der Waals surface area contributed by atoms with E-state index < -0.39 is 0 Å². The molecule has 2 aromatic rings. The minimum absolute atomic E-state index is 0.297. The summed E-state index contributed by atoms with van der Waals surface area (Å²) in [5, 5.41) is 0. The number of rotatable bonds is 3. The van der Waals surface area contributed by atoms with Gasteiger partial charge in [-0.25, -0.2) is 9.79 Å². The van der Waals surface area contributed by atoms with Gasteiger partial charge in [-0.05, 0) is 11.1 Å². The normalized spacial score (nSPS) is 17.0. The van der Waals surface area contributed by atoms with Gasteiger partial charge < -0.3 is 4.90 Å².